The Morgan fingerprint density at radius 1 is 1.88 bits per heavy atom. The molecule has 0 atom stereocenters. The highest BCUT2D eigenvalue weighted by Gasteiger charge is 1.92. The van der Waals surface area contributed by atoms with Crippen LogP contribution in [0.25, 0.3) is 0 Å². The molecule has 0 aromatic rings. The molecular formula is C4H10N2O2. The molecule has 0 fully saturated rings. The second-order valence-electron chi connectivity index (χ2n) is 1.28. The molecule has 0 aromatic heterocycles. The van der Waals surface area contributed by atoms with Gasteiger partial charge in [-0.05, 0) is 6.42 Å². The smallest absolute Gasteiger partial charge is 0.421 e. The van der Waals surface area contributed by atoms with E-state index in [4.69, 9.17) is 0 Å². The SMILES string of the molecule is CCCOC(=O)NN. The molecule has 1 amide bonds. The first-order valence-electron chi connectivity index (χ1n) is 2.44. The maximum absolute atomic E-state index is 10.1. The molecule has 0 aliphatic carbocycles. The summed E-state index contributed by atoms with van der Waals surface area (Å²) in [6.07, 6.45) is 0.236. The van der Waals surface area contributed by atoms with Gasteiger partial charge in [-0.15, -0.1) is 0 Å². The molecule has 0 saturated carbocycles. The standard InChI is InChI=1S/C4H10N2O2/c1-2-3-8-4(7)6-5/h2-3,5H2,1H3,(H,6,7). The monoisotopic (exact) mass is 118 g/mol. The molecule has 4 heteroatoms. The molecule has 0 bridgehead atoms. The molecule has 48 valence electrons. The maximum atomic E-state index is 10.1. The van der Waals surface area contributed by atoms with Crippen LogP contribution in [0.1, 0.15) is 13.3 Å². The zero-order chi connectivity index (χ0) is 6.41. The van der Waals surface area contributed by atoms with Crippen molar-refractivity contribution in [3.05, 3.63) is 0 Å². The van der Waals surface area contributed by atoms with Crippen LogP contribution in [0, 0.1) is 0 Å². The van der Waals surface area contributed by atoms with Crippen molar-refractivity contribution in [1.29, 1.82) is 0 Å². The second kappa shape index (κ2) is 4.39. The van der Waals surface area contributed by atoms with Gasteiger partial charge in [-0.1, -0.05) is 6.92 Å². The van der Waals surface area contributed by atoms with Crippen LogP contribution in [0.3, 0.4) is 0 Å². The predicted molar refractivity (Wildman–Crippen MR) is 29.0 cm³/mol. The number of rotatable bonds is 2. The largest absolute Gasteiger partial charge is 0.449 e. The van der Waals surface area contributed by atoms with Crippen LogP contribution in [-0.4, -0.2) is 12.7 Å². The number of hydrogen-bond acceptors (Lipinski definition) is 3. The Morgan fingerprint density at radius 3 is 2.88 bits per heavy atom. The van der Waals surface area contributed by atoms with Crippen molar-refractivity contribution in [1.82, 2.24) is 5.43 Å². The van der Waals surface area contributed by atoms with Crippen LogP contribution >= 0.6 is 0 Å². The lowest BCUT2D eigenvalue weighted by Gasteiger charge is -1.98. The number of ether oxygens (including phenoxy) is 1. The van der Waals surface area contributed by atoms with E-state index in [1.165, 1.54) is 0 Å². The predicted octanol–water partition coefficient (Wildman–Crippen LogP) is -0.00370. The summed E-state index contributed by atoms with van der Waals surface area (Å²) in [5.41, 5.74) is 1.84. The van der Waals surface area contributed by atoms with E-state index in [-0.39, 0.29) is 0 Å². The van der Waals surface area contributed by atoms with Crippen molar-refractivity contribution in [3.63, 3.8) is 0 Å². The first kappa shape index (κ1) is 7.23. The van der Waals surface area contributed by atoms with Crippen LogP contribution in [-0.2, 0) is 4.74 Å². The molecule has 0 heterocycles. The van der Waals surface area contributed by atoms with Crippen LogP contribution in [0.2, 0.25) is 0 Å². The number of amides is 1. The van der Waals surface area contributed by atoms with Crippen molar-refractivity contribution < 1.29 is 9.53 Å². The molecule has 0 rings (SSSR count). The Balaban J connectivity index is 2.99. The molecule has 0 unspecified atom stereocenters. The van der Waals surface area contributed by atoms with E-state index >= 15 is 0 Å². The fourth-order valence-electron chi connectivity index (χ4n) is 0.236. The maximum Gasteiger partial charge on any atom is 0.421 e. The summed E-state index contributed by atoms with van der Waals surface area (Å²) >= 11 is 0. The van der Waals surface area contributed by atoms with Crippen molar-refractivity contribution in [2.45, 2.75) is 13.3 Å². The third-order valence-electron chi connectivity index (χ3n) is 0.555. The van der Waals surface area contributed by atoms with Crippen molar-refractivity contribution in [2.24, 2.45) is 5.84 Å². The van der Waals surface area contributed by atoms with E-state index in [0.29, 0.717) is 6.61 Å². The number of nitrogens with two attached hydrogens (primary N) is 1. The molecule has 0 spiro atoms. The van der Waals surface area contributed by atoms with Gasteiger partial charge in [0.15, 0.2) is 0 Å². The minimum absolute atomic E-state index is 0.420. The van der Waals surface area contributed by atoms with Gasteiger partial charge >= 0.3 is 6.09 Å². The summed E-state index contributed by atoms with van der Waals surface area (Å²) in [6, 6.07) is 0. The van der Waals surface area contributed by atoms with E-state index in [2.05, 4.69) is 10.6 Å². The topological polar surface area (TPSA) is 64.3 Å². The van der Waals surface area contributed by atoms with Crippen molar-refractivity contribution in [2.75, 3.05) is 6.61 Å². The molecule has 3 N–H and O–H groups in total. The van der Waals surface area contributed by atoms with E-state index < -0.39 is 6.09 Å². The Kier molecular flexibility index (Phi) is 3.97. The van der Waals surface area contributed by atoms with Gasteiger partial charge in [0.25, 0.3) is 0 Å². The lowest BCUT2D eigenvalue weighted by atomic mass is 10.5. The second-order valence-corrected chi connectivity index (χ2v) is 1.28. The van der Waals surface area contributed by atoms with Crippen molar-refractivity contribution >= 4 is 6.09 Å². The molecule has 0 aliphatic heterocycles. The van der Waals surface area contributed by atoms with Gasteiger partial charge in [0, 0.05) is 0 Å². The lowest BCUT2D eigenvalue weighted by Crippen LogP contribution is -2.30. The minimum Gasteiger partial charge on any atom is -0.449 e. The fourth-order valence-corrected chi connectivity index (χ4v) is 0.236. The molecule has 0 saturated heterocycles. The van der Waals surface area contributed by atoms with Gasteiger partial charge in [0.05, 0.1) is 6.61 Å². The van der Waals surface area contributed by atoms with E-state index in [0.717, 1.165) is 6.42 Å². The summed E-state index contributed by atoms with van der Waals surface area (Å²) < 4.78 is 4.47. The molecule has 8 heavy (non-hydrogen) atoms. The first-order valence-corrected chi connectivity index (χ1v) is 2.44. The molecule has 0 aliphatic rings. The van der Waals surface area contributed by atoms with Crippen LogP contribution in [0.15, 0.2) is 0 Å². The third kappa shape index (κ3) is 3.42. The van der Waals surface area contributed by atoms with Gasteiger partial charge in [0.1, 0.15) is 0 Å². The normalized spacial score (nSPS) is 8.25. The highest BCUT2D eigenvalue weighted by atomic mass is 16.5. The lowest BCUT2D eigenvalue weighted by molar-refractivity contribution is 0.146. The van der Waals surface area contributed by atoms with Gasteiger partial charge in [-0.3, -0.25) is 5.43 Å². The quantitative estimate of drug-likeness (QED) is 0.304. The summed E-state index contributed by atoms with van der Waals surface area (Å²) in [5, 5.41) is 0. The average Bonchev–Trinajstić information content (AvgIpc) is 1.83. The Bertz CT molecular complexity index is 74.4. The zero-order valence-electron chi connectivity index (χ0n) is 4.81. The Hall–Kier alpha value is -0.770. The van der Waals surface area contributed by atoms with Crippen molar-refractivity contribution in [3.8, 4) is 0 Å². The van der Waals surface area contributed by atoms with Gasteiger partial charge in [-0.2, -0.15) is 0 Å². The average molecular weight is 118 g/mol. The number of hydrazine groups is 1. The molecule has 0 radical (unpaired) electrons. The first-order chi connectivity index (χ1) is 3.81. The van der Waals surface area contributed by atoms with Crippen LogP contribution < -0.4 is 11.3 Å². The molecular weight excluding hydrogens is 108 g/mol. The number of hydrogen-bond donors (Lipinski definition) is 2. The highest BCUT2D eigenvalue weighted by molar-refractivity contribution is 5.66. The minimum atomic E-state index is -0.577. The molecule has 4 nitrogen and oxygen atoms in total. The van der Waals surface area contributed by atoms with E-state index in [9.17, 15) is 4.79 Å². The summed E-state index contributed by atoms with van der Waals surface area (Å²) in [4.78, 5) is 10.1. The summed E-state index contributed by atoms with van der Waals surface area (Å²) in [5.74, 6) is 4.69. The van der Waals surface area contributed by atoms with E-state index in [1.807, 2.05) is 12.3 Å². The molecule has 0 aromatic carbocycles. The van der Waals surface area contributed by atoms with Gasteiger partial charge < -0.3 is 4.74 Å². The van der Waals surface area contributed by atoms with Gasteiger partial charge in [0.2, 0.25) is 0 Å². The fraction of sp³-hybridized carbons (Fsp3) is 0.750. The van der Waals surface area contributed by atoms with Crippen LogP contribution in [0.4, 0.5) is 4.79 Å². The van der Waals surface area contributed by atoms with Crippen LogP contribution in [0.5, 0.6) is 0 Å². The summed E-state index contributed by atoms with van der Waals surface area (Å²) in [7, 11) is 0. The zero-order valence-corrected chi connectivity index (χ0v) is 4.81. The number of nitrogens with one attached hydrogen (secondary N) is 1. The number of carbonyl (C=O) groups is 1. The number of carbonyl (C=O) groups excluding carboxylic acids is 1. The Morgan fingerprint density at radius 2 is 2.50 bits per heavy atom. The van der Waals surface area contributed by atoms with E-state index in [1.54, 1.807) is 0 Å². The highest BCUT2D eigenvalue weighted by Crippen LogP contribution is 1.78. The summed E-state index contributed by atoms with van der Waals surface area (Å²) in [6.45, 7) is 2.33. The third-order valence-corrected chi connectivity index (χ3v) is 0.555. The Labute approximate surface area is 48.0 Å². The van der Waals surface area contributed by atoms with Gasteiger partial charge in [-0.25, -0.2) is 10.6 Å².